The molecule has 0 radical (unpaired) electrons. The third-order valence-electron chi connectivity index (χ3n) is 2.62. The van der Waals surface area contributed by atoms with Crippen LogP contribution in [0.2, 0.25) is 0 Å². The molecule has 3 N–H and O–H groups in total. The van der Waals surface area contributed by atoms with Crippen LogP contribution in [0, 0.1) is 6.92 Å². The minimum absolute atomic E-state index is 0.112. The van der Waals surface area contributed by atoms with E-state index in [2.05, 4.69) is 21.4 Å². The van der Waals surface area contributed by atoms with E-state index in [1.807, 2.05) is 25.1 Å². The Hall–Kier alpha value is -1.07. The van der Waals surface area contributed by atoms with E-state index in [-0.39, 0.29) is 5.91 Å². The molecule has 18 heavy (non-hydrogen) atoms. The van der Waals surface area contributed by atoms with Gasteiger partial charge in [-0.3, -0.25) is 10.2 Å². The van der Waals surface area contributed by atoms with Crippen molar-refractivity contribution in [3.63, 3.8) is 0 Å². The summed E-state index contributed by atoms with van der Waals surface area (Å²) in [7, 11) is 0. The van der Waals surface area contributed by atoms with Gasteiger partial charge in [-0.1, -0.05) is 22.0 Å². The van der Waals surface area contributed by atoms with E-state index in [0.29, 0.717) is 13.0 Å². The van der Waals surface area contributed by atoms with Gasteiger partial charge in [0.05, 0.1) is 6.61 Å². The molecule has 0 bridgehead atoms. The molecule has 0 saturated heterocycles. The summed E-state index contributed by atoms with van der Waals surface area (Å²) in [4.78, 5) is 10.9. The molecule has 5 heteroatoms. The summed E-state index contributed by atoms with van der Waals surface area (Å²) in [6.45, 7) is 2.69. The minimum Gasteiger partial charge on any atom is -0.493 e. The number of amides is 1. The molecule has 0 unspecified atom stereocenters. The Morgan fingerprint density at radius 3 is 2.89 bits per heavy atom. The lowest BCUT2D eigenvalue weighted by Gasteiger charge is -2.09. The summed E-state index contributed by atoms with van der Waals surface area (Å²) < 4.78 is 6.71. The van der Waals surface area contributed by atoms with Crippen LogP contribution in [-0.4, -0.2) is 12.5 Å². The third-order valence-corrected chi connectivity index (χ3v) is 3.11. The Kier molecular flexibility index (Phi) is 6.75. The minimum atomic E-state index is -0.112. The van der Waals surface area contributed by atoms with E-state index in [1.165, 1.54) is 0 Å². The SMILES string of the molecule is Cc1ccc(Br)cc1OCCCCCC(=O)NN. The molecule has 1 amide bonds. The second-order valence-corrected chi connectivity index (χ2v) is 5.05. The summed E-state index contributed by atoms with van der Waals surface area (Å²) in [5.41, 5.74) is 3.25. The molecule has 1 aromatic carbocycles. The molecule has 0 atom stereocenters. The van der Waals surface area contributed by atoms with Crippen LogP contribution in [0.5, 0.6) is 5.75 Å². The van der Waals surface area contributed by atoms with Crippen LogP contribution in [-0.2, 0) is 4.79 Å². The fourth-order valence-corrected chi connectivity index (χ4v) is 1.89. The predicted molar refractivity (Wildman–Crippen MR) is 75.2 cm³/mol. The lowest BCUT2D eigenvalue weighted by Crippen LogP contribution is -2.29. The van der Waals surface area contributed by atoms with E-state index < -0.39 is 0 Å². The van der Waals surface area contributed by atoms with Crippen LogP contribution in [0.1, 0.15) is 31.2 Å². The monoisotopic (exact) mass is 314 g/mol. The number of rotatable bonds is 7. The number of hydrogen-bond donors (Lipinski definition) is 2. The number of hydrazine groups is 1. The van der Waals surface area contributed by atoms with E-state index in [9.17, 15) is 4.79 Å². The maximum Gasteiger partial charge on any atom is 0.233 e. The standard InChI is InChI=1S/C13H19BrN2O2/c1-10-6-7-11(14)9-12(10)18-8-4-2-3-5-13(17)16-15/h6-7,9H,2-5,8,15H2,1H3,(H,16,17). The van der Waals surface area contributed by atoms with Crippen molar-refractivity contribution in [2.75, 3.05) is 6.61 Å². The lowest BCUT2D eigenvalue weighted by molar-refractivity contribution is -0.121. The maximum atomic E-state index is 10.9. The molecule has 0 fully saturated rings. The molecule has 0 spiro atoms. The number of carbonyl (C=O) groups excluding carboxylic acids is 1. The maximum absolute atomic E-state index is 10.9. The highest BCUT2D eigenvalue weighted by Gasteiger charge is 2.01. The van der Waals surface area contributed by atoms with Gasteiger partial charge in [-0.15, -0.1) is 0 Å². The van der Waals surface area contributed by atoms with Crippen molar-refractivity contribution >= 4 is 21.8 Å². The summed E-state index contributed by atoms with van der Waals surface area (Å²) in [5.74, 6) is 5.79. The largest absolute Gasteiger partial charge is 0.493 e. The highest BCUT2D eigenvalue weighted by Crippen LogP contribution is 2.23. The number of halogens is 1. The summed E-state index contributed by atoms with van der Waals surface area (Å²) >= 11 is 3.42. The van der Waals surface area contributed by atoms with Gasteiger partial charge >= 0.3 is 0 Å². The van der Waals surface area contributed by atoms with Crippen LogP contribution in [0.15, 0.2) is 22.7 Å². The molecule has 0 aromatic heterocycles. The van der Waals surface area contributed by atoms with E-state index in [0.717, 1.165) is 35.0 Å². The van der Waals surface area contributed by atoms with Gasteiger partial charge in [-0.25, -0.2) is 5.84 Å². The highest BCUT2D eigenvalue weighted by atomic mass is 79.9. The van der Waals surface area contributed by atoms with Crippen LogP contribution in [0.4, 0.5) is 0 Å². The van der Waals surface area contributed by atoms with Crippen molar-refractivity contribution in [1.82, 2.24) is 5.43 Å². The molecule has 4 nitrogen and oxygen atoms in total. The number of nitrogens with two attached hydrogens (primary N) is 1. The van der Waals surface area contributed by atoms with Gasteiger partial charge in [0.2, 0.25) is 5.91 Å². The summed E-state index contributed by atoms with van der Waals surface area (Å²) in [5, 5.41) is 0. The van der Waals surface area contributed by atoms with E-state index in [1.54, 1.807) is 0 Å². The summed E-state index contributed by atoms with van der Waals surface area (Å²) in [6.07, 6.45) is 3.21. The second-order valence-electron chi connectivity index (χ2n) is 4.14. The van der Waals surface area contributed by atoms with Gasteiger partial charge in [0, 0.05) is 10.9 Å². The molecular formula is C13H19BrN2O2. The molecule has 1 aromatic rings. The molecule has 0 aliphatic rings. The van der Waals surface area contributed by atoms with Gasteiger partial charge < -0.3 is 4.74 Å². The number of ether oxygens (including phenoxy) is 1. The molecule has 0 aliphatic heterocycles. The number of aryl methyl sites for hydroxylation is 1. The smallest absolute Gasteiger partial charge is 0.233 e. The van der Waals surface area contributed by atoms with Crippen LogP contribution < -0.4 is 16.0 Å². The number of nitrogens with one attached hydrogen (secondary N) is 1. The summed E-state index contributed by atoms with van der Waals surface area (Å²) in [6, 6.07) is 5.98. The number of benzene rings is 1. The first-order valence-corrected chi connectivity index (χ1v) is 6.81. The van der Waals surface area contributed by atoms with Crippen molar-refractivity contribution in [1.29, 1.82) is 0 Å². The Bertz CT molecular complexity index is 397. The van der Waals surface area contributed by atoms with Crippen LogP contribution in [0.3, 0.4) is 0 Å². The first-order valence-electron chi connectivity index (χ1n) is 6.02. The quantitative estimate of drug-likeness (QED) is 0.352. The van der Waals surface area contributed by atoms with Gasteiger partial charge in [0.1, 0.15) is 5.75 Å². The number of unbranched alkanes of at least 4 members (excludes halogenated alkanes) is 2. The van der Waals surface area contributed by atoms with E-state index in [4.69, 9.17) is 10.6 Å². The average Bonchev–Trinajstić information content (AvgIpc) is 2.37. The molecule has 100 valence electrons. The Morgan fingerprint density at radius 2 is 2.17 bits per heavy atom. The van der Waals surface area contributed by atoms with Gasteiger partial charge in [-0.2, -0.15) is 0 Å². The Balaban J connectivity index is 2.18. The van der Waals surface area contributed by atoms with Crippen molar-refractivity contribution in [3.05, 3.63) is 28.2 Å². The Labute approximate surface area is 116 Å². The third kappa shape index (κ3) is 5.51. The first-order chi connectivity index (χ1) is 8.63. The zero-order valence-corrected chi connectivity index (χ0v) is 12.1. The van der Waals surface area contributed by atoms with Crippen LogP contribution >= 0.6 is 15.9 Å². The van der Waals surface area contributed by atoms with Gasteiger partial charge in [0.25, 0.3) is 0 Å². The fourth-order valence-electron chi connectivity index (χ4n) is 1.55. The molecule has 0 aliphatic carbocycles. The molecule has 0 heterocycles. The van der Waals surface area contributed by atoms with Gasteiger partial charge in [0.15, 0.2) is 0 Å². The fraction of sp³-hybridized carbons (Fsp3) is 0.462. The second kappa shape index (κ2) is 8.11. The van der Waals surface area contributed by atoms with Crippen molar-refractivity contribution < 1.29 is 9.53 Å². The van der Waals surface area contributed by atoms with Crippen LogP contribution in [0.25, 0.3) is 0 Å². The normalized spacial score (nSPS) is 10.2. The first kappa shape index (κ1) is 15.0. The van der Waals surface area contributed by atoms with Gasteiger partial charge in [-0.05, 0) is 43.9 Å². The zero-order chi connectivity index (χ0) is 13.4. The Morgan fingerprint density at radius 1 is 1.39 bits per heavy atom. The highest BCUT2D eigenvalue weighted by molar-refractivity contribution is 9.10. The number of carbonyl (C=O) groups is 1. The molecular weight excluding hydrogens is 296 g/mol. The topological polar surface area (TPSA) is 64.3 Å². The van der Waals surface area contributed by atoms with Crippen molar-refractivity contribution in [2.45, 2.75) is 32.6 Å². The zero-order valence-electron chi connectivity index (χ0n) is 10.5. The molecule has 1 rings (SSSR count). The lowest BCUT2D eigenvalue weighted by atomic mass is 10.2. The van der Waals surface area contributed by atoms with E-state index >= 15 is 0 Å². The number of hydrogen-bond acceptors (Lipinski definition) is 3. The average molecular weight is 315 g/mol. The molecule has 0 saturated carbocycles. The predicted octanol–water partition coefficient (Wildman–Crippen LogP) is 2.69. The van der Waals surface area contributed by atoms with Crippen molar-refractivity contribution in [2.24, 2.45) is 5.84 Å². The van der Waals surface area contributed by atoms with Crippen molar-refractivity contribution in [3.8, 4) is 5.75 Å².